The van der Waals surface area contributed by atoms with Gasteiger partial charge in [-0.25, -0.2) is 0 Å². The third-order valence-corrected chi connectivity index (χ3v) is 3.39. The SMILES string of the molecule is CC1=CC(C)=C(CC(=O)c2ccccc2Cl)C1. The Morgan fingerprint density at radius 2 is 2.00 bits per heavy atom. The van der Waals surface area contributed by atoms with E-state index in [1.807, 2.05) is 12.1 Å². The molecular weight excluding hydrogens is 232 g/mol. The van der Waals surface area contributed by atoms with E-state index in [1.165, 1.54) is 16.7 Å². The second-order valence-corrected chi connectivity index (χ2v) is 4.94. The van der Waals surface area contributed by atoms with Crippen molar-refractivity contribution in [2.24, 2.45) is 0 Å². The molecule has 1 aromatic carbocycles. The fourth-order valence-corrected chi connectivity index (χ4v) is 2.42. The van der Waals surface area contributed by atoms with E-state index in [2.05, 4.69) is 19.9 Å². The summed E-state index contributed by atoms with van der Waals surface area (Å²) in [4.78, 5) is 12.1. The maximum Gasteiger partial charge on any atom is 0.168 e. The molecule has 0 N–H and O–H groups in total. The van der Waals surface area contributed by atoms with E-state index in [0.717, 1.165) is 6.42 Å². The summed E-state index contributed by atoms with van der Waals surface area (Å²) in [6.07, 6.45) is 3.54. The van der Waals surface area contributed by atoms with E-state index in [0.29, 0.717) is 17.0 Å². The minimum absolute atomic E-state index is 0.105. The van der Waals surface area contributed by atoms with Gasteiger partial charge in [-0.1, -0.05) is 46.5 Å². The van der Waals surface area contributed by atoms with Gasteiger partial charge >= 0.3 is 0 Å². The van der Waals surface area contributed by atoms with Crippen LogP contribution in [0.4, 0.5) is 0 Å². The molecule has 0 saturated heterocycles. The highest BCUT2D eigenvalue weighted by molar-refractivity contribution is 6.34. The molecule has 0 aromatic heterocycles. The van der Waals surface area contributed by atoms with Gasteiger partial charge in [0, 0.05) is 12.0 Å². The molecule has 2 rings (SSSR count). The van der Waals surface area contributed by atoms with Crippen LogP contribution in [0.3, 0.4) is 0 Å². The summed E-state index contributed by atoms with van der Waals surface area (Å²) >= 11 is 6.02. The third-order valence-electron chi connectivity index (χ3n) is 3.06. The molecule has 0 amide bonds. The summed E-state index contributed by atoms with van der Waals surface area (Å²) in [6, 6.07) is 7.23. The molecule has 0 aliphatic heterocycles. The van der Waals surface area contributed by atoms with Gasteiger partial charge in [0.1, 0.15) is 0 Å². The lowest BCUT2D eigenvalue weighted by atomic mass is 9.99. The molecular formula is C15H15ClO. The Morgan fingerprint density at radius 3 is 2.59 bits per heavy atom. The molecule has 1 aliphatic carbocycles. The van der Waals surface area contributed by atoms with Gasteiger partial charge < -0.3 is 0 Å². The van der Waals surface area contributed by atoms with Gasteiger partial charge in [0.15, 0.2) is 5.78 Å². The molecule has 0 radical (unpaired) electrons. The van der Waals surface area contributed by atoms with Gasteiger partial charge in [-0.05, 0) is 32.4 Å². The van der Waals surface area contributed by atoms with E-state index in [1.54, 1.807) is 12.1 Å². The van der Waals surface area contributed by atoms with Crippen LogP contribution in [-0.4, -0.2) is 5.78 Å². The van der Waals surface area contributed by atoms with Crippen LogP contribution in [0.2, 0.25) is 5.02 Å². The summed E-state index contributed by atoms with van der Waals surface area (Å²) in [7, 11) is 0. The Morgan fingerprint density at radius 1 is 1.29 bits per heavy atom. The first-order valence-corrected chi connectivity index (χ1v) is 6.09. The van der Waals surface area contributed by atoms with Crippen LogP contribution < -0.4 is 0 Å². The lowest BCUT2D eigenvalue weighted by Crippen LogP contribution is -2.02. The molecule has 1 aliphatic rings. The van der Waals surface area contributed by atoms with Crippen molar-refractivity contribution < 1.29 is 4.79 Å². The van der Waals surface area contributed by atoms with Crippen molar-refractivity contribution in [1.82, 2.24) is 0 Å². The van der Waals surface area contributed by atoms with Gasteiger partial charge in [0.05, 0.1) is 5.02 Å². The lowest BCUT2D eigenvalue weighted by Gasteiger charge is -2.06. The van der Waals surface area contributed by atoms with Crippen molar-refractivity contribution >= 4 is 17.4 Å². The van der Waals surface area contributed by atoms with Crippen LogP contribution in [0.5, 0.6) is 0 Å². The molecule has 2 heteroatoms. The Bertz CT molecular complexity index is 523. The van der Waals surface area contributed by atoms with Crippen LogP contribution in [0.15, 0.2) is 47.1 Å². The largest absolute Gasteiger partial charge is 0.294 e. The maximum atomic E-state index is 12.1. The van der Waals surface area contributed by atoms with Gasteiger partial charge in [0.2, 0.25) is 0 Å². The standard InChI is InChI=1S/C15H15ClO/c1-10-7-11(2)12(8-10)9-15(17)13-5-3-4-6-14(13)16/h3-7H,8-9H2,1-2H3. The third kappa shape index (κ3) is 2.67. The summed E-state index contributed by atoms with van der Waals surface area (Å²) in [6.45, 7) is 4.15. The number of carbonyl (C=O) groups is 1. The average Bonchev–Trinajstić information content (AvgIpc) is 2.58. The Labute approximate surface area is 107 Å². The summed E-state index contributed by atoms with van der Waals surface area (Å²) in [5.41, 5.74) is 4.39. The molecule has 1 nitrogen and oxygen atoms in total. The predicted octanol–water partition coefficient (Wildman–Crippen LogP) is 4.58. The van der Waals surface area contributed by atoms with Crippen molar-refractivity contribution in [2.75, 3.05) is 0 Å². The molecule has 1 aromatic rings. The minimum atomic E-state index is 0.105. The molecule has 0 unspecified atom stereocenters. The number of carbonyl (C=O) groups excluding carboxylic acids is 1. The minimum Gasteiger partial charge on any atom is -0.294 e. The second kappa shape index (κ2) is 4.89. The zero-order valence-electron chi connectivity index (χ0n) is 10.1. The molecule has 0 spiro atoms. The molecule has 0 fully saturated rings. The van der Waals surface area contributed by atoms with Crippen LogP contribution in [0.25, 0.3) is 0 Å². The topological polar surface area (TPSA) is 17.1 Å². The van der Waals surface area contributed by atoms with Gasteiger partial charge in [0.25, 0.3) is 0 Å². The Balaban J connectivity index is 2.15. The van der Waals surface area contributed by atoms with Crippen LogP contribution in [0.1, 0.15) is 37.0 Å². The Kier molecular flexibility index (Phi) is 3.49. The monoisotopic (exact) mass is 246 g/mol. The number of allylic oxidation sites excluding steroid dienone is 4. The lowest BCUT2D eigenvalue weighted by molar-refractivity contribution is 0.0992. The second-order valence-electron chi connectivity index (χ2n) is 4.53. The van der Waals surface area contributed by atoms with Crippen molar-refractivity contribution in [1.29, 1.82) is 0 Å². The number of rotatable bonds is 3. The fraction of sp³-hybridized carbons (Fsp3) is 0.267. The number of hydrogen-bond donors (Lipinski definition) is 0. The average molecular weight is 247 g/mol. The van der Waals surface area contributed by atoms with Gasteiger partial charge in [-0.2, -0.15) is 0 Å². The fourth-order valence-electron chi connectivity index (χ4n) is 2.18. The maximum absolute atomic E-state index is 12.1. The quantitative estimate of drug-likeness (QED) is 0.714. The van der Waals surface area contributed by atoms with E-state index >= 15 is 0 Å². The highest BCUT2D eigenvalue weighted by Gasteiger charge is 2.16. The molecule has 0 atom stereocenters. The molecule has 0 saturated carbocycles. The highest BCUT2D eigenvalue weighted by atomic mass is 35.5. The van der Waals surface area contributed by atoms with Crippen molar-refractivity contribution in [3.63, 3.8) is 0 Å². The zero-order valence-corrected chi connectivity index (χ0v) is 10.8. The number of hydrogen-bond acceptors (Lipinski definition) is 1. The summed E-state index contributed by atoms with van der Waals surface area (Å²) in [5.74, 6) is 0.105. The predicted molar refractivity (Wildman–Crippen MR) is 71.5 cm³/mol. The van der Waals surface area contributed by atoms with E-state index < -0.39 is 0 Å². The first kappa shape index (κ1) is 12.1. The first-order chi connectivity index (χ1) is 8.08. The highest BCUT2D eigenvalue weighted by Crippen LogP contribution is 2.29. The number of ketones is 1. The Hall–Kier alpha value is -1.34. The molecule has 0 bridgehead atoms. The van der Waals surface area contributed by atoms with Gasteiger partial charge in [-0.3, -0.25) is 4.79 Å². The molecule has 0 heterocycles. The van der Waals surface area contributed by atoms with Crippen molar-refractivity contribution in [2.45, 2.75) is 26.7 Å². The van der Waals surface area contributed by atoms with E-state index in [-0.39, 0.29) is 5.78 Å². The first-order valence-electron chi connectivity index (χ1n) is 5.71. The van der Waals surface area contributed by atoms with Crippen molar-refractivity contribution in [3.05, 3.63) is 57.6 Å². The smallest absolute Gasteiger partial charge is 0.168 e. The summed E-state index contributed by atoms with van der Waals surface area (Å²) < 4.78 is 0. The van der Waals surface area contributed by atoms with E-state index in [4.69, 9.17) is 11.6 Å². The van der Waals surface area contributed by atoms with Gasteiger partial charge in [-0.15, -0.1) is 0 Å². The normalized spacial score (nSPS) is 15.1. The van der Waals surface area contributed by atoms with Crippen molar-refractivity contribution in [3.8, 4) is 0 Å². The molecule has 17 heavy (non-hydrogen) atoms. The molecule has 88 valence electrons. The zero-order chi connectivity index (χ0) is 12.4. The number of benzene rings is 1. The van der Waals surface area contributed by atoms with E-state index in [9.17, 15) is 4.79 Å². The number of halogens is 1. The van der Waals surface area contributed by atoms with Crippen LogP contribution in [-0.2, 0) is 0 Å². The van der Waals surface area contributed by atoms with Crippen LogP contribution >= 0.6 is 11.6 Å². The van der Waals surface area contributed by atoms with Crippen LogP contribution in [0, 0.1) is 0 Å². The summed E-state index contributed by atoms with van der Waals surface area (Å²) in [5, 5.41) is 0.540. The number of Topliss-reactive ketones (excluding diaryl/α,β-unsaturated/α-hetero) is 1.